The Morgan fingerprint density at radius 1 is 1.09 bits per heavy atom. The van der Waals surface area contributed by atoms with Crippen LogP contribution in [0.4, 0.5) is 4.39 Å². The second-order valence-electron chi connectivity index (χ2n) is 8.13. The minimum atomic E-state index is -2.72. The Morgan fingerprint density at radius 3 is 2.34 bits per heavy atom. The number of allylic oxidation sites excluding steroid dienone is 1. The van der Waals surface area contributed by atoms with Crippen molar-refractivity contribution in [1.29, 1.82) is 0 Å². The highest BCUT2D eigenvalue weighted by molar-refractivity contribution is 5.78. The van der Waals surface area contributed by atoms with Gasteiger partial charge in [-0.05, 0) is 48.6 Å². The molecule has 0 aliphatic heterocycles. The van der Waals surface area contributed by atoms with Gasteiger partial charge in [-0.1, -0.05) is 56.3 Å². The average Bonchev–Trinajstić information content (AvgIpc) is 3.14. The van der Waals surface area contributed by atoms with Crippen molar-refractivity contribution in [3.8, 4) is 16.8 Å². The third kappa shape index (κ3) is 5.33. The van der Waals surface area contributed by atoms with Crippen molar-refractivity contribution in [2.75, 3.05) is 0 Å². The maximum atomic E-state index is 13.5. The second kappa shape index (κ2) is 9.94. The van der Waals surface area contributed by atoms with E-state index in [1.165, 1.54) is 12.1 Å². The maximum absolute atomic E-state index is 13.5. The number of rotatable bonds is 9. The van der Waals surface area contributed by atoms with Crippen molar-refractivity contribution >= 4 is 12.0 Å². The Bertz CT molecular complexity index is 1080. The fourth-order valence-electron chi connectivity index (χ4n) is 3.74. The minimum absolute atomic E-state index is 0.193. The summed E-state index contributed by atoms with van der Waals surface area (Å²) in [5, 5.41) is 27.8. The maximum Gasteiger partial charge on any atom is 0.364 e. The smallest absolute Gasteiger partial charge is 0.364 e. The van der Waals surface area contributed by atoms with Crippen molar-refractivity contribution in [3.63, 3.8) is 0 Å². The van der Waals surface area contributed by atoms with E-state index in [1.807, 2.05) is 42.5 Å². The molecule has 0 spiro atoms. The normalized spacial score (nSPS) is 12.1. The molecule has 1 heterocycles. The van der Waals surface area contributed by atoms with E-state index < -0.39 is 11.8 Å². The first-order chi connectivity index (χ1) is 15.2. The number of carboxylic acids is 1. The van der Waals surface area contributed by atoms with Crippen LogP contribution in [-0.4, -0.2) is 31.6 Å². The largest absolute Gasteiger partial charge is 0.477 e. The fourth-order valence-corrected chi connectivity index (χ4v) is 3.74. The predicted octanol–water partition coefficient (Wildman–Crippen LogP) is 5.36. The van der Waals surface area contributed by atoms with Crippen LogP contribution in [0, 0.1) is 5.82 Å². The molecule has 3 rings (SSSR count). The van der Waals surface area contributed by atoms with Gasteiger partial charge in [-0.3, -0.25) is 0 Å². The molecular weight excluding hydrogens is 409 g/mol. The number of nitrogens with zero attached hydrogens (tertiary/aromatic N) is 1. The lowest BCUT2D eigenvalue weighted by atomic mass is 9.97. The molecule has 0 unspecified atom stereocenters. The molecule has 0 saturated heterocycles. The zero-order valence-corrected chi connectivity index (χ0v) is 18.2. The van der Waals surface area contributed by atoms with Gasteiger partial charge in [0.05, 0.1) is 0 Å². The average molecular weight is 438 g/mol. The number of para-hydroxylation sites is 1. The van der Waals surface area contributed by atoms with Gasteiger partial charge < -0.3 is 19.9 Å². The third-order valence-corrected chi connectivity index (χ3v) is 5.34. The zero-order valence-electron chi connectivity index (χ0n) is 18.2. The molecule has 0 saturated carbocycles. The van der Waals surface area contributed by atoms with E-state index in [4.69, 9.17) is 5.11 Å². The number of aliphatic hydroxyl groups is 2. The van der Waals surface area contributed by atoms with Crippen molar-refractivity contribution in [3.05, 3.63) is 83.9 Å². The molecule has 0 atom stereocenters. The van der Waals surface area contributed by atoms with Gasteiger partial charge in [-0.25, -0.2) is 9.18 Å². The Kier molecular flexibility index (Phi) is 7.28. The summed E-state index contributed by atoms with van der Waals surface area (Å²) in [6, 6.07) is 16.3. The van der Waals surface area contributed by atoms with Crippen LogP contribution in [0.25, 0.3) is 22.9 Å². The van der Waals surface area contributed by atoms with E-state index in [0.29, 0.717) is 12.8 Å². The molecule has 1 aromatic heterocycles. The number of halogens is 1. The SMILES string of the molecule is CC(C)c1c(/C=C/CCCC(O)(O)C(=O)O)c(-c2ccc(F)cc2)cn1-c1ccccc1. The second-order valence-corrected chi connectivity index (χ2v) is 8.13. The number of aliphatic carboxylic acids is 1. The summed E-state index contributed by atoms with van der Waals surface area (Å²) >= 11 is 0. The van der Waals surface area contributed by atoms with Crippen LogP contribution in [0.3, 0.4) is 0 Å². The summed E-state index contributed by atoms with van der Waals surface area (Å²) < 4.78 is 15.7. The Balaban J connectivity index is 1.99. The van der Waals surface area contributed by atoms with E-state index in [2.05, 4.69) is 24.6 Å². The summed E-state index contributed by atoms with van der Waals surface area (Å²) in [6.45, 7) is 4.22. The summed E-state index contributed by atoms with van der Waals surface area (Å²) in [7, 11) is 0. The first kappa shape index (κ1) is 23.4. The lowest BCUT2D eigenvalue weighted by Crippen LogP contribution is -2.37. The molecule has 32 heavy (non-hydrogen) atoms. The van der Waals surface area contributed by atoms with Gasteiger partial charge in [0.15, 0.2) is 0 Å². The molecule has 5 nitrogen and oxygen atoms in total. The molecule has 3 aromatic rings. The Labute approximate surface area is 187 Å². The number of carbonyl (C=O) groups is 1. The van der Waals surface area contributed by atoms with Gasteiger partial charge in [0, 0.05) is 35.1 Å². The van der Waals surface area contributed by atoms with Crippen LogP contribution in [0.1, 0.15) is 50.3 Å². The summed E-state index contributed by atoms with van der Waals surface area (Å²) in [6.07, 6.45) is 6.45. The third-order valence-electron chi connectivity index (χ3n) is 5.34. The van der Waals surface area contributed by atoms with Crippen molar-refractivity contribution in [2.24, 2.45) is 0 Å². The molecule has 0 aliphatic rings. The number of hydrogen-bond donors (Lipinski definition) is 3. The van der Waals surface area contributed by atoms with Crippen LogP contribution >= 0.6 is 0 Å². The van der Waals surface area contributed by atoms with Gasteiger partial charge in [0.2, 0.25) is 0 Å². The number of hydrogen-bond acceptors (Lipinski definition) is 3. The molecule has 0 amide bonds. The fraction of sp³-hybridized carbons (Fsp3) is 0.269. The van der Waals surface area contributed by atoms with Crippen LogP contribution in [-0.2, 0) is 4.79 Å². The van der Waals surface area contributed by atoms with Crippen molar-refractivity contribution in [2.45, 2.75) is 44.8 Å². The summed E-state index contributed by atoms with van der Waals surface area (Å²) in [5.74, 6) is -4.47. The molecule has 3 N–H and O–H groups in total. The van der Waals surface area contributed by atoms with Gasteiger partial charge >= 0.3 is 5.97 Å². The van der Waals surface area contributed by atoms with Crippen LogP contribution < -0.4 is 0 Å². The minimum Gasteiger partial charge on any atom is -0.477 e. The Morgan fingerprint density at radius 2 is 1.75 bits per heavy atom. The standard InChI is InChI=1S/C26H28FNO4/c1-18(2)24-22(11-7-4-8-16-26(31,32)25(29)30)23(19-12-14-20(27)15-13-19)17-28(24)21-9-5-3-6-10-21/h3,5-7,9-15,17-18,31-32H,4,8,16H2,1-2H3,(H,29,30)/b11-7+. The summed E-state index contributed by atoms with van der Waals surface area (Å²) in [5.41, 5.74) is 4.95. The quantitative estimate of drug-likeness (QED) is 0.311. The predicted molar refractivity (Wildman–Crippen MR) is 123 cm³/mol. The molecule has 0 bridgehead atoms. The van der Waals surface area contributed by atoms with E-state index in [1.54, 1.807) is 12.1 Å². The van der Waals surface area contributed by atoms with Gasteiger partial charge in [0.25, 0.3) is 5.79 Å². The molecule has 2 aromatic carbocycles. The van der Waals surface area contributed by atoms with Crippen molar-refractivity contribution in [1.82, 2.24) is 4.57 Å². The first-order valence-electron chi connectivity index (χ1n) is 10.6. The van der Waals surface area contributed by atoms with E-state index in [9.17, 15) is 19.4 Å². The van der Waals surface area contributed by atoms with Gasteiger partial charge in [-0.2, -0.15) is 0 Å². The van der Waals surface area contributed by atoms with Crippen LogP contribution in [0.15, 0.2) is 66.9 Å². The molecule has 0 aliphatic carbocycles. The summed E-state index contributed by atoms with van der Waals surface area (Å²) in [4.78, 5) is 10.8. The lowest BCUT2D eigenvalue weighted by molar-refractivity contribution is -0.205. The monoisotopic (exact) mass is 437 g/mol. The molecule has 0 fully saturated rings. The highest BCUT2D eigenvalue weighted by Gasteiger charge is 2.31. The van der Waals surface area contributed by atoms with E-state index in [0.717, 1.165) is 28.1 Å². The number of aromatic nitrogens is 1. The topological polar surface area (TPSA) is 82.7 Å². The van der Waals surface area contributed by atoms with Crippen LogP contribution in [0.5, 0.6) is 0 Å². The van der Waals surface area contributed by atoms with E-state index >= 15 is 0 Å². The number of benzene rings is 2. The van der Waals surface area contributed by atoms with E-state index in [-0.39, 0.29) is 18.2 Å². The Hall–Kier alpha value is -3.22. The van der Waals surface area contributed by atoms with Crippen molar-refractivity contribution < 1.29 is 24.5 Å². The first-order valence-corrected chi connectivity index (χ1v) is 10.6. The molecule has 168 valence electrons. The molecule has 6 heteroatoms. The van der Waals surface area contributed by atoms with Gasteiger partial charge in [-0.15, -0.1) is 0 Å². The highest BCUT2D eigenvalue weighted by atomic mass is 19.1. The van der Waals surface area contributed by atoms with Crippen LogP contribution in [0.2, 0.25) is 0 Å². The molecular formula is C26H28FNO4. The molecule has 0 radical (unpaired) electrons. The number of unbranched alkanes of at least 4 members (excludes halogenated alkanes) is 1. The highest BCUT2D eigenvalue weighted by Crippen LogP contribution is 2.35. The number of carboxylic acid groups (broad SMARTS) is 1. The lowest BCUT2D eigenvalue weighted by Gasteiger charge is -2.15. The van der Waals surface area contributed by atoms with Gasteiger partial charge in [0.1, 0.15) is 5.82 Å². The zero-order chi connectivity index (χ0) is 23.3.